The highest BCUT2D eigenvalue weighted by Gasteiger charge is 2.35. The zero-order valence-corrected chi connectivity index (χ0v) is 26.7. The number of methoxy groups -OCH3 is 1. The Bertz CT molecular complexity index is 1960. The number of allylic oxidation sites excluding steroid dienone is 1. The largest absolute Gasteiger partial charge is 0.496 e. The van der Waals surface area contributed by atoms with E-state index in [4.69, 9.17) is 9.73 Å². The lowest BCUT2D eigenvalue weighted by Crippen LogP contribution is -2.43. The van der Waals surface area contributed by atoms with Crippen LogP contribution in [0.2, 0.25) is 0 Å². The summed E-state index contributed by atoms with van der Waals surface area (Å²) in [6.07, 6.45) is 1.68. The molecule has 0 N–H and O–H groups in total. The minimum Gasteiger partial charge on any atom is -0.496 e. The van der Waals surface area contributed by atoms with Crippen LogP contribution in [0.15, 0.2) is 97.6 Å². The number of aromatic nitrogens is 1. The van der Waals surface area contributed by atoms with E-state index in [1.54, 1.807) is 41.7 Å². The van der Waals surface area contributed by atoms with Crippen molar-refractivity contribution < 1.29 is 14.5 Å². The first-order valence-corrected chi connectivity index (χ1v) is 15.8. The van der Waals surface area contributed by atoms with Crippen molar-refractivity contribution in [1.82, 2.24) is 9.47 Å². The number of aryl methyl sites for hydroxylation is 1. The molecule has 1 amide bonds. The molecule has 0 spiro atoms. The second-order valence-electron chi connectivity index (χ2n) is 10.2. The van der Waals surface area contributed by atoms with E-state index in [1.165, 1.54) is 35.2 Å². The standard InChI is InChI=1S/C33H32N4O5S2/c1-6-35(7-2)32(39)29-21(4)34-33-36(30(29)25-10-8-9-11-26(25)42-5)31(38)28(44-33)19-22-18-23(37(40)41)14-17-27(22)43-24-15-12-20(3)13-16-24/h8-19,30H,6-7H2,1-5H3/b28-19-/t30-/m0/s1. The Morgan fingerprint density at radius 1 is 1.11 bits per heavy atom. The minimum atomic E-state index is -0.774. The molecule has 1 aliphatic heterocycles. The van der Waals surface area contributed by atoms with E-state index in [-0.39, 0.29) is 17.2 Å². The molecule has 11 heteroatoms. The van der Waals surface area contributed by atoms with Crippen LogP contribution in [0.4, 0.5) is 5.69 Å². The summed E-state index contributed by atoms with van der Waals surface area (Å²) in [5, 5.41) is 11.7. The zero-order chi connectivity index (χ0) is 31.5. The average molecular weight is 629 g/mol. The lowest BCUT2D eigenvalue weighted by atomic mass is 9.94. The van der Waals surface area contributed by atoms with Gasteiger partial charge in [0.25, 0.3) is 17.2 Å². The topological polar surface area (TPSA) is 107 Å². The van der Waals surface area contributed by atoms with Gasteiger partial charge in [-0.05, 0) is 63.6 Å². The van der Waals surface area contributed by atoms with Crippen LogP contribution in [-0.2, 0) is 4.79 Å². The third kappa shape index (κ3) is 5.97. The van der Waals surface area contributed by atoms with Crippen molar-refractivity contribution in [3.63, 3.8) is 0 Å². The molecule has 0 saturated carbocycles. The van der Waals surface area contributed by atoms with Gasteiger partial charge in [0.05, 0.1) is 27.8 Å². The van der Waals surface area contributed by atoms with Crippen LogP contribution in [0, 0.1) is 17.0 Å². The number of ether oxygens (including phenoxy) is 1. The normalized spacial score (nSPS) is 14.7. The Labute approximate surface area is 263 Å². The van der Waals surface area contributed by atoms with Gasteiger partial charge in [-0.1, -0.05) is 59.0 Å². The molecule has 0 radical (unpaired) electrons. The number of amides is 1. The van der Waals surface area contributed by atoms with E-state index in [2.05, 4.69) is 0 Å². The fourth-order valence-corrected chi connectivity index (χ4v) is 7.13. The molecule has 5 rings (SSSR count). The summed E-state index contributed by atoms with van der Waals surface area (Å²) in [7, 11) is 1.56. The summed E-state index contributed by atoms with van der Waals surface area (Å²) in [4.78, 5) is 48.0. The van der Waals surface area contributed by atoms with E-state index in [0.717, 1.165) is 15.4 Å². The Balaban J connectivity index is 1.73. The van der Waals surface area contributed by atoms with Gasteiger partial charge < -0.3 is 9.64 Å². The molecule has 1 aromatic heterocycles. The maximum Gasteiger partial charge on any atom is 0.271 e. The number of rotatable bonds is 9. The van der Waals surface area contributed by atoms with Crippen molar-refractivity contribution in [1.29, 1.82) is 0 Å². The molecule has 9 nitrogen and oxygen atoms in total. The van der Waals surface area contributed by atoms with Crippen LogP contribution >= 0.6 is 23.1 Å². The lowest BCUT2D eigenvalue weighted by molar-refractivity contribution is -0.384. The van der Waals surface area contributed by atoms with Gasteiger partial charge >= 0.3 is 0 Å². The molecule has 0 unspecified atom stereocenters. The second-order valence-corrected chi connectivity index (χ2v) is 12.3. The van der Waals surface area contributed by atoms with Gasteiger partial charge in [0.2, 0.25) is 0 Å². The number of benzene rings is 3. The Kier molecular flexibility index (Phi) is 9.17. The molecular weight excluding hydrogens is 597 g/mol. The summed E-state index contributed by atoms with van der Waals surface area (Å²) in [6, 6.07) is 19.2. The molecule has 1 aliphatic rings. The fraction of sp³-hybridized carbons (Fsp3) is 0.242. The second kappa shape index (κ2) is 13.0. The van der Waals surface area contributed by atoms with Crippen LogP contribution in [-0.4, -0.2) is 40.5 Å². The van der Waals surface area contributed by atoms with Gasteiger partial charge in [-0.15, -0.1) is 0 Å². The number of para-hydroxylation sites is 1. The van der Waals surface area contributed by atoms with Crippen LogP contribution in [0.1, 0.15) is 43.5 Å². The molecule has 0 aliphatic carbocycles. The van der Waals surface area contributed by atoms with E-state index >= 15 is 0 Å². The maximum absolute atomic E-state index is 14.3. The molecule has 226 valence electrons. The average Bonchev–Trinajstić information content (AvgIpc) is 3.32. The first kappa shape index (κ1) is 31.0. The van der Waals surface area contributed by atoms with E-state index in [9.17, 15) is 19.7 Å². The van der Waals surface area contributed by atoms with E-state index in [0.29, 0.717) is 50.6 Å². The zero-order valence-electron chi connectivity index (χ0n) is 25.1. The van der Waals surface area contributed by atoms with E-state index < -0.39 is 11.0 Å². The summed E-state index contributed by atoms with van der Waals surface area (Å²) >= 11 is 2.65. The Hall–Kier alpha value is -4.48. The SMILES string of the molecule is CCN(CC)C(=O)C1=C(C)N=c2s/c(=C\c3cc([N+](=O)[O-])ccc3Sc3ccc(C)cc3)c(=O)n2[C@H]1c1ccccc1OC. The number of nitrogens with zero attached hydrogens (tertiary/aromatic N) is 4. The van der Waals surface area contributed by atoms with Crippen LogP contribution in [0.25, 0.3) is 6.08 Å². The number of nitro groups is 1. The molecule has 4 aromatic rings. The number of carbonyl (C=O) groups is 1. The number of nitro benzene ring substituents is 1. The molecular formula is C33H32N4O5S2. The highest BCUT2D eigenvalue weighted by molar-refractivity contribution is 7.99. The van der Waals surface area contributed by atoms with Gasteiger partial charge in [0.15, 0.2) is 4.80 Å². The van der Waals surface area contributed by atoms with Crippen molar-refractivity contribution in [3.8, 4) is 5.75 Å². The van der Waals surface area contributed by atoms with Crippen LogP contribution < -0.4 is 19.6 Å². The monoisotopic (exact) mass is 628 g/mol. The minimum absolute atomic E-state index is 0.0767. The molecule has 3 aromatic carbocycles. The molecule has 44 heavy (non-hydrogen) atoms. The van der Waals surface area contributed by atoms with Gasteiger partial charge in [-0.3, -0.25) is 24.3 Å². The van der Waals surface area contributed by atoms with Crippen molar-refractivity contribution in [2.75, 3.05) is 20.2 Å². The van der Waals surface area contributed by atoms with Gasteiger partial charge in [-0.2, -0.15) is 0 Å². The summed E-state index contributed by atoms with van der Waals surface area (Å²) < 4.78 is 7.57. The molecule has 2 heterocycles. The molecule has 1 atom stereocenters. The predicted octanol–water partition coefficient (Wildman–Crippen LogP) is 5.48. The lowest BCUT2D eigenvalue weighted by Gasteiger charge is -2.29. The number of likely N-dealkylation sites (N-methyl/N-ethyl adjacent to an activating group) is 1. The number of hydrogen-bond donors (Lipinski definition) is 0. The quantitative estimate of drug-likeness (QED) is 0.180. The highest BCUT2D eigenvalue weighted by Crippen LogP contribution is 2.36. The maximum atomic E-state index is 14.3. The van der Waals surface area contributed by atoms with E-state index in [1.807, 2.05) is 63.2 Å². The molecule has 0 fully saturated rings. The smallest absolute Gasteiger partial charge is 0.271 e. The first-order chi connectivity index (χ1) is 21.2. The Morgan fingerprint density at radius 2 is 1.82 bits per heavy atom. The van der Waals surface area contributed by atoms with Gasteiger partial charge in [0, 0.05) is 40.6 Å². The molecule has 0 saturated heterocycles. The van der Waals surface area contributed by atoms with Gasteiger partial charge in [-0.25, -0.2) is 4.99 Å². The number of carbonyl (C=O) groups excluding carboxylic acids is 1. The molecule has 0 bridgehead atoms. The fourth-order valence-electron chi connectivity index (χ4n) is 5.19. The van der Waals surface area contributed by atoms with Gasteiger partial charge in [0.1, 0.15) is 11.8 Å². The summed E-state index contributed by atoms with van der Waals surface area (Å²) in [5.41, 5.74) is 2.84. The van der Waals surface area contributed by atoms with Crippen LogP contribution in [0.5, 0.6) is 5.75 Å². The number of non-ortho nitro benzene ring substituents is 1. The highest BCUT2D eigenvalue weighted by atomic mass is 32.2. The van der Waals surface area contributed by atoms with Crippen LogP contribution in [0.3, 0.4) is 0 Å². The number of fused-ring (bicyclic) bond motifs is 1. The van der Waals surface area contributed by atoms with Crippen molar-refractivity contribution in [2.45, 2.75) is 43.5 Å². The summed E-state index contributed by atoms with van der Waals surface area (Å²) in [5.74, 6) is 0.346. The number of thiazole rings is 1. The predicted molar refractivity (Wildman–Crippen MR) is 173 cm³/mol. The Morgan fingerprint density at radius 3 is 2.48 bits per heavy atom. The third-order valence-corrected chi connectivity index (χ3v) is 9.56. The van der Waals surface area contributed by atoms with Crippen molar-refractivity contribution >= 4 is 40.8 Å². The third-order valence-electron chi connectivity index (χ3n) is 7.48. The number of hydrogen-bond acceptors (Lipinski definition) is 8. The first-order valence-electron chi connectivity index (χ1n) is 14.1. The van der Waals surface area contributed by atoms with Crippen molar-refractivity contribution in [2.24, 2.45) is 4.99 Å². The summed E-state index contributed by atoms with van der Waals surface area (Å²) in [6.45, 7) is 8.62. The van der Waals surface area contributed by atoms with Crippen molar-refractivity contribution in [3.05, 3.63) is 124 Å².